The zero-order valence-corrected chi connectivity index (χ0v) is 23.0. The van der Waals surface area contributed by atoms with Gasteiger partial charge in [-0.3, -0.25) is 0 Å². The van der Waals surface area contributed by atoms with Crippen LogP contribution >= 0.6 is 0 Å². The molecule has 0 aromatic heterocycles. The Labute approximate surface area is 243 Å². The summed E-state index contributed by atoms with van der Waals surface area (Å²) in [7, 11) is 0. The van der Waals surface area contributed by atoms with E-state index in [1.807, 2.05) is 30.5 Å². The van der Waals surface area contributed by atoms with Crippen LogP contribution in [-0.4, -0.2) is 35.6 Å². The minimum atomic E-state index is -0.494. The molecular formula is C33H31F2N7. The standard InChI is InChI=1S/C33H31F2N7/c34-26-11-18(1-3-20(26)13-36)16-5-7-22-24(9-16)28(39)32-30(22)42-33-29(40-15-38)25-10-17(6-8-23(25)31(33)41-32)19-2-4-21(14-37)27(35)12-19/h1-4,11-12,16-17,22-25,30-33,39,41-42H,5-10H2. The molecular weight excluding hydrogens is 532 g/mol. The topological polar surface area (TPSA) is 132 Å². The summed E-state index contributed by atoms with van der Waals surface area (Å²) < 4.78 is 28.8. The second-order valence-corrected chi connectivity index (χ2v) is 12.7. The molecule has 2 aromatic carbocycles. The Morgan fingerprint density at radius 1 is 0.738 bits per heavy atom. The van der Waals surface area contributed by atoms with Gasteiger partial charge >= 0.3 is 0 Å². The average Bonchev–Trinajstić information content (AvgIpc) is 3.46. The molecule has 0 bridgehead atoms. The van der Waals surface area contributed by atoms with Gasteiger partial charge in [0.1, 0.15) is 23.8 Å². The molecule has 1 saturated heterocycles. The molecule has 5 fully saturated rings. The van der Waals surface area contributed by atoms with Crippen molar-refractivity contribution in [3.05, 3.63) is 70.3 Å². The summed E-state index contributed by atoms with van der Waals surface area (Å²) in [6, 6.07) is 13.5. The van der Waals surface area contributed by atoms with Crippen molar-refractivity contribution in [3.63, 3.8) is 0 Å². The van der Waals surface area contributed by atoms with Crippen molar-refractivity contribution in [1.29, 1.82) is 21.2 Å². The average molecular weight is 564 g/mol. The van der Waals surface area contributed by atoms with Gasteiger partial charge in [-0.05, 0) is 97.6 Å². The predicted octanol–water partition coefficient (Wildman–Crippen LogP) is 5.04. The lowest BCUT2D eigenvalue weighted by molar-refractivity contribution is 0.162. The van der Waals surface area contributed by atoms with Gasteiger partial charge in [0.15, 0.2) is 0 Å². The maximum atomic E-state index is 14.4. The van der Waals surface area contributed by atoms with E-state index in [1.54, 1.807) is 12.1 Å². The van der Waals surface area contributed by atoms with E-state index in [0.29, 0.717) is 5.71 Å². The summed E-state index contributed by atoms with van der Waals surface area (Å²) in [5, 5.41) is 44.8. The highest BCUT2D eigenvalue weighted by Gasteiger charge is 2.59. The first-order chi connectivity index (χ1) is 20.4. The van der Waals surface area contributed by atoms with Gasteiger partial charge in [-0.1, -0.05) is 12.1 Å². The Balaban J connectivity index is 1.11. The van der Waals surface area contributed by atoms with Gasteiger partial charge in [-0.15, -0.1) is 0 Å². The number of nitrogens with one attached hydrogen (secondary N) is 3. The van der Waals surface area contributed by atoms with Crippen LogP contribution in [0.25, 0.3) is 0 Å². The van der Waals surface area contributed by atoms with E-state index in [0.717, 1.165) is 55.4 Å². The van der Waals surface area contributed by atoms with E-state index < -0.39 is 11.6 Å². The van der Waals surface area contributed by atoms with Crippen LogP contribution in [0, 0.1) is 74.8 Å². The van der Waals surface area contributed by atoms with Crippen molar-refractivity contribution >= 4 is 11.4 Å². The normalized spacial score (nSPS) is 37.5. The third-order valence-corrected chi connectivity index (χ3v) is 11.0. The number of hydrogen-bond donors (Lipinski definition) is 3. The van der Waals surface area contributed by atoms with E-state index in [1.165, 1.54) is 12.1 Å². The number of rotatable bonds is 2. The van der Waals surface area contributed by atoms with Crippen LogP contribution in [-0.2, 0) is 0 Å². The lowest BCUT2D eigenvalue weighted by Gasteiger charge is -2.42. The summed E-state index contributed by atoms with van der Waals surface area (Å²) >= 11 is 0. The second-order valence-electron chi connectivity index (χ2n) is 12.7. The molecule has 10 atom stereocenters. The smallest absolute Gasteiger partial charge is 0.205 e. The maximum absolute atomic E-state index is 14.4. The van der Waals surface area contributed by atoms with Gasteiger partial charge in [-0.25, -0.2) is 8.78 Å². The Kier molecular flexibility index (Phi) is 6.65. The molecule has 7 nitrogen and oxygen atoms in total. The number of halogens is 2. The summed E-state index contributed by atoms with van der Waals surface area (Å²) in [4.78, 5) is 4.37. The molecule has 0 spiro atoms. The van der Waals surface area contributed by atoms with Crippen molar-refractivity contribution in [2.75, 3.05) is 0 Å². The summed E-state index contributed by atoms with van der Waals surface area (Å²) in [6.07, 6.45) is 7.20. The first-order valence-corrected chi connectivity index (χ1v) is 14.9. The van der Waals surface area contributed by atoms with Crippen molar-refractivity contribution in [1.82, 2.24) is 10.6 Å². The molecule has 212 valence electrons. The lowest BCUT2D eigenvalue weighted by atomic mass is 9.72. The molecule has 7 rings (SSSR count). The minimum Gasteiger partial charge on any atom is -0.308 e. The zero-order valence-electron chi connectivity index (χ0n) is 23.0. The summed E-state index contributed by atoms with van der Waals surface area (Å²) in [5.41, 5.74) is 3.46. The zero-order chi connectivity index (χ0) is 29.1. The number of nitriles is 3. The van der Waals surface area contributed by atoms with E-state index in [4.69, 9.17) is 10.5 Å². The fourth-order valence-electron chi connectivity index (χ4n) is 9.08. The second kappa shape index (κ2) is 10.4. The van der Waals surface area contributed by atoms with E-state index in [2.05, 4.69) is 15.6 Å². The molecule has 5 aliphatic rings. The summed E-state index contributed by atoms with van der Waals surface area (Å²) in [5.74, 6) is 0.00898. The SMILES string of the molecule is N#CN=C1C2CC(c3ccc(C#N)c(F)c3)CCC2C2NC3C(=N)C4CC(c5ccc(C#N)c(F)c5)CCC4C3NC12. The van der Waals surface area contributed by atoms with E-state index in [-0.39, 0.29) is 70.8 Å². The van der Waals surface area contributed by atoms with Crippen molar-refractivity contribution in [3.8, 4) is 18.3 Å². The highest BCUT2D eigenvalue weighted by Crippen LogP contribution is 2.51. The van der Waals surface area contributed by atoms with Crippen LogP contribution in [0.15, 0.2) is 41.4 Å². The number of fused-ring (bicyclic) bond motifs is 6. The molecule has 0 radical (unpaired) electrons. The first-order valence-electron chi connectivity index (χ1n) is 14.9. The molecule has 1 aliphatic heterocycles. The predicted molar refractivity (Wildman–Crippen MR) is 152 cm³/mol. The monoisotopic (exact) mass is 563 g/mol. The fourth-order valence-corrected chi connectivity index (χ4v) is 9.08. The highest BCUT2D eigenvalue weighted by molar-refractivity contribution is 5.98. The maximum Gasteiger partial charge on any atom is 0.205 e. The molecule has 2 aromatic rings. The summed E-state index contributed by atoms with van der Waals surface area (Å²) in [6.45, 7) is 0. The Morgan fingerprint density at radius 2 is 1.26 bits per heavy atom. The number of nitrogens with zero attached hydrogens (tertiary/aromatic N) is 4. The number of aliphatic imine (C=N–C) groups is 1. The van der Waals surface area contributed by atoms with Gasteiger partial charge in [0.2, 0.25) is 6.19 Å². The van der Waals surface area contributed by atoms with E-state index >= 15 is 0 Å². The fraction of sp³-hybridized carbons (Fsp3) is 0.485. The number of benzene rings is 2. The lowest BCUT2D eigenvalue weighted by Crippen LogP contribution is -2.67. The van der Waals surface area contributed by atoms with Crippen LogP contribution in [0.4, 0.5) is 8.78 Å². The molecule has 42 heavy (non-hydrogen) atoms. The van der Waals surface area contributed by atoms with E-state index in [9.17, 15) is 19.5 Å². The Bertz CT molecular complexity index is 1610. The van der Waals surface area contributed by atoms with Gasteiger partial charge in [0.05, 0.1) is 28.9 Å². The Hall–Kier alpha value is -3.97. The van der Waals surface area contributed by atoms with Crippen LogP contribution < -0.4 is 10.6 Å². The van der Waals surface area contributed by atoms with Crippen molar-refractivity contribution in [2.24, 2.45) is 28.7 Å². The Morgan fingerprint density at radius 3 is 1.81 bits per heavy atom. The van der Waals surface area contributed by atoms with Crippen molar-refractivity contribution in [2.45, 2.75) is 74.5 Å². The third-order valence-electron chi connectivity index (χ3n) is 11.0. The van der Waals surface area contributed by atoms with Gasteiger partial charge < -0.3 is 16.0 Å². The largest absolute Gasteiger partial charge is 0.308 e. The van der Waals surface area contributed by atoms with Gasteiger partial charge in [-0.2, -0.15) is 20.8 Å². The highest BCUT2D eigenvalue weighted by atomic mass is 19.1. The third kappa shape index (κ3) is 4.17. The molecule has 3 N–H and O–H groups in total. The van der Waals surface area contributed by atoms with Crippen LogP contribution in [0.5, 0.6) is 0 Å². The molecule has 9 heteroatoms. The minimum absolute atomic E-state index is 0.0462. The quantitative estimate of drug-likeness (QED) is 0.441. The van der Waals surface area contributed by atoms with Crippen LogP contribution in [0.2, 0.25) is 0 Å². The number of piperazine rings is 1. The van der Waals surface area contributed by atoms with Crippen LogP contribution in [0.3, 0.4) is 0 Å². The molecule has 10 unspecified atom stereocenters. The van der Waals surface area contributed by atoms with Gasteiger partial charge in [0, 0.05) is 29.6 Å². The molecule has 4 saturated carbocycles. The molecule has 4 aliphatic carbocycles. The van der Waals surface area contributed by atoms with Gasteiger partial charge in [0.25, 0.3) is 0 Å². The first kappa shape index (κ1) is 26.9. The number of hydrogen-bond acceptors (Lipinski definition) is 7. The van der Waals surface area contributed by atoms with Crippen molar-refractivity contribution < 1.29 is 8.78 Å². The van der Waals surface area contributed by atoms with Crippen LogP contribution in [0.1, 0.15) is 72.6 Å². The molecule has 0 amide bonds. The molecule has 1 heterocycles.